The molecule has 1 aliphatic rings. The molecule has 0 fully saturated rings. The van der Waals surface area contributed by atoms with E-state index in [0.29, 0.717) is 45.1 Å². The third kappa shape index (κ3) is 4.66. The molecule has 4 rings (SSSR count). The number of carbonyl (C=O) groups is 2. The molecule has 2 amide bonds. The molecule has 32 heavy (non-hydrogen) atoms. The number of carbonyl (C=O) groups excluding carboxylic acids is 2. The van der Waals surface area contributed by atoms with Gasteiger partial charge in [-0.1, -0.05) is 42.8 Å². The minimum Gasteiger partial charge on any atom is -0.492 e. The topological polar surface area (TPSA) is 67.4 Å². The van der Waals surface area contributed by atoms with E-state index in [2.05, 4.69) is 17.6 Å². The van der Waals surface area contributed by atoms with E-state index >= 15 is 0 Å². The number of benzene rings is 2. The van der Waals surface area contributed by atoms with Crippen LogP contribution in [0.1, 0.15) is 51.4 Å². The van der Waals surface area contributed by atoms with E-state index in [1.807, 2.05) is 31.2 Å². The standard InChI is InChI=1S/C25H25ClN2O3S/c1-3-31-20-11-7-6-10-19(20)27-24(30)22-17-13-12-15(2)14-21(17)32-25(22)28-23(29)16-8-4-5-9-18(16)26/h4-11,15H,3,12-14H2,1-2H3,(H,27,30)(H,28,29)/t15-/m1/s1. The molecule has 0 unspecified atom stereocenters. The van der Waals surface area contributed by atoms with Gasteiger partial charge in [0.1, 0.15) is 10.8 Å². The van der Waals surface area contributed by atoms with E-state index in [0.717, 1.165) is 29.7 Å². The monoisotopic (exact) mass is 468 g/mol. The second kappa shape index (κ2) is 9.76. The number of nitrogens with one attached hydrogen (secondary N) is 2. The molecule has 0 aliphatic heterocycles. The van der Waals surface area contributed by atoms with Gasteiger partial charge in [0.25, 0.3) is 11.8 Å². The van der Waals surface area contributed by atoms with Gasteiger partial charge in [0.05, 0.1) is 28.4 Å². The Kier molecular flexibility index (Phi) is 6.82. The first kappa shape index (κ1) is 22.4. The molecular weight excluding hydrogens is 444 g/mol. The van der Waals surface area contributed by atoms with Crippen molar-refractivity contribution in [1.82, 2.24) is 0 Å². The molecule has 1 atom stereocenters. The lowest BCUT2D eigenvalue weighted by Crippen LogP contribution is -2.20. The van der Waals surface area contributed by atoms with E-state index in [1.54, 1.807) is 24.3 Å². The quantitative estimate of drug-likeness (QED) is 0.438. The van der Waals surface area contributed by atoms with Crippen molar-refractivity contribution in [2.24, 2.45) is 5.92 Å². The molecular formula is C25H25ClN2O3S. The Balaban J connectivity index is 1.68. The van der Waals surface area contributed by atoms with Crippen LogP contribution in [-0.4, -0.2) is 18.4 Å². The van der Waals surface area contributed by atoms with Crippen molar-refractivity contribution in [1.29, 1.82) is 0 Å². The molecule has 2 aromatic carbocycles. The highest BCUT2D eigenvalue weighted by molar-refractivity contribution is 7.17. The minimum absolute atomic E-state index is 0.251. The summed E-state index contributed by atoms with van der Waals surface area (Å²) in [6.07, 6.45) is 2.72. The highest BCUT2D eigenvalue weighted by Crippen LogP contribution is 2.40. The first-order chi connectivity index (χ1) is 15.5. The van der Waals surface area contributed by atoms with Gasteiger partial charge < -0.3 is 15.4 Å². The second-order valence-electron chi connectivity index (χ2n) is 7.87. The molecule has 0 bridgehead atoms. The highest BCUT2D eigenvalue weighted by Gasteiger charge is 2.29. The van der Waals surface area contributed by atoms with Crippen LogP contribution < -0.4 is 15.4 Å². The summed E-state index contributed by atoms with van der Waals surface area (Å²) in [4.78, 5) is 27.6. The largest absolute Gasteiger partial charge is 0.492 e. The summed E-state index contributed by atoms with van der Waals surface area (Å²) in [5.74, 6) is 0.579. The Bertz CT molecular complexity index is 1160. The Morgan fingerprint density at radius 1 is 1.09 bits per heavy atom. The van der Waals surface area contributed by atoms with Crippen molar-refractivity contribution in [3.8, 4) is 5.75 Å². The molecule has 0 spiro atoms. The fourth-order valence-electron chi connectivity index (χ4n) is 3.93. The Hall–Kier alpha value is -2.83. The van der Waals surface area contributed by atoms with Crippen molar-refractivity contribution in [3.05, 3.63) is 75.1 Å². The maximum atomic E-state index is 13.5. The smallest absolute Gasteiger partial charge is 0.259 e. The van der Waals surface area contributed by atoms with Crippen molar-refractivity contribution in [3.63, 3.8) is 0 Å². The van der Waals surface area contributed by atoms with E-state index in [9.17, 15) is 9.59 Å². The van der Waals surface area contributed by atoms with E-state index < -0.39 is 0 Å². The molecule has 0 radical (unpaired) electrons. The lowest BCUT2D eigenvalue weighted by atomic mass is 9.88. The third-order valence-corrected chi connectivity index (χ3v) is 7.02. The Morgan fingerprint density at radius 3 is 2.62 bits per heavy atom. The van der Waals surface area contributed by atoms with Crippen LogP contribution in [0.2, 0.25) is 5.02 Å². The summed E-state index contributed by atoms with van der Waals surface area (Å²) in [6, 6.07) is 14.2. The summed E-state index contributed by atoms with van der Waals surface area (Å²) in [6.45, 7) is 4.61. The number of amides is 2. The number of hydrogen-bond acceptors (Lipinski definition) is 4. The summed E-state index contributed by atoms with van der Waals surface area (Å²) >= 11 is 7.69. The number of rotatable bonds is 6. The van der Waals surface area contributed by atoms with Gasteiger partial charge in [-0.05, 0) is 61.9 Å². The van der Waals surface area contributed by atoms with Crippen LogP contribution in [-0.2, 0) is 12.8 Å². The van der Waals surface area contributed by atoms with Gasteiger partial charge in [0.15, 0.2) is 0 Å². The van der Waals surface area contributed by atoms with Crippen molar-refractivity contribution >= 4 is 45.4 Å². The van der Waals surface area contributed by atoms with Crippen LogP contribution in [0.5, 0.6) is 5.75 Å². The maximum absolute atomic E-state index is 13.5. The van der Waals surface area contributed by atoms with Crippen LogP contribution in [0, 0.1) is 5.92 Å². The predicted molar refractivity (Wildman–Crippen MR) is 130 cm³/mol. The third-order valence-electron chi connectivity index (χ3n) is 5.52. The van der Waals surface area contributed by atoms with E-state index in [-0.39, 0.29) is 11.8 Å². The van der Waals surface area contributed by atoms with Gasteiger partial charge in [-0.25, -0.2) is 0 Å². The zero-order chi connectivity index (χ0) is 22.7. The number of para-hydroxylation sites is 2. The van der Waals surface area contributed by atoms with Crippen LogP contribution in [0.4, 0.5) is 10.7 Å². The maximum Gasteiger partial charge on any atom is 0.259 e. The number of hydrogen-bond donors (Lipinski definition) is 2. The van der Waals surface area contributed by atoms with Crippen molar-refractivity contribution in [2.75, 3.05) is 17.2 Å². The molecule has 5 nitrogen and oxygen atoms in total. The number of fused-ring (bicyclic) bond motifs is 1. The average molecular weight is 469 g/mol. The summed E-state index contributed by atoms with van der Waals surface area (Å²) in [5, 5.41) is 6.87. The summed E-state index contributed by atoms with van der Waals surface area (Å²) in [5.41, 5.74) is 2.53. The van der Waals surface area contributed by atoms with E-state index in [4.69, 9.17) is 16.3 Å². The first-order valence-electron chi connectivity index (χ1n) is 10.7. The average Bonchev–Trinajstić information content (AvgIpc) is 3.12. The Morgan fingerprint density at radius 2 is 1.84 bits per heavy atom. The summed E-state index contributed by atoms with van der Waals surface area (Å²) < 4.78 is 5.65. The lowest BCUT2D eigenvalue weighted by molar-refractivity contribution is 0.102. The number of halogens is 1. The Labute approximate surface area is 196 Å². The number of anilines is 2. The fraction of sp³-hybridized carbons (Fsp3) is 0.280. The van der Waals surface area contributed by atoms with Crippen LogP contribution >= 0.6 is 22.9 Å². The van der Waals surface area contributed by atoms with Crippen LogP contribution in [0.3, 0.4) is 0 Å². The molecule has 3 aromatic rings. The zero-order valence-corrected chi connectivity index (χ0v) is 19.6. The lowest BCUT2D eigenvalue weighted by Gasteiger charge is -2.19. The van der Waals surface area contributed by atoms with Gasteiger partial charge >= 0.3 is 0 Å². The summed E-state index contributed by atoms with van der Waals surface area (Å²) in [7, 11) is 0. The van der Waals surface area contributed by atoms with Crippen LogP contribution in [0.25, 0.3) is 0 Å². The van der Waals surface area contributed by atoms with Crippen molar-refractivity contribution in [2.45, 2.75) is 33.1 Å². The molecule has 1 aromatic heterocycles. The number of ether oxygens (including phenoxy) is 1. The fourth-order valence-corrected chi connectivity index (χ4v) is 5.56. The molecule has 2 N–H and O–H groups in total. The molecule has 7 heteroatoms. The predicted octanol–water partition coefficient (Wildman–Crippen LogP) is 6.43. The zero-order valence-electron chi connectivity index (χ0n) is 18.0. The molecule has 0 saturated carbocycles. The van der Waals surface area contributed by atoms with Gasteiger partial charge in [-0.15, -0.1) is 11.3 Å². The molecule has 0 saturated heterocycles. The SMILES string of the molecule is CCOc1ccccc1NC(=O)c1c(NC(=O)c2ccccc2Cl)sc2c1CC[C@@H](C)C2. The van der Waals surface area contributed by atoms with Gasteiger partial charge in [-0.2, -0.15) is 0 Å². The normalized spacial score (nSPS) is 15.0. The van der Waals surface area contributed by atoms with Gasteiger partial charge in [0, 0.05) is 4.88 Å². The second-order valence-corrected chi connectivity index (χ2v) is 9.39. The minimum atomic E-state index is -0.328. The number of thiophene rings is 1. The van der Waals surface area contributed by atoms with Gasteiger partial charge in [0.2, 0.25) is 0 Å². The highest BCUT2D eigenvalue weighted by atomic mass is 35.5. The van der Waals surface area contributed by atoms with Crippen LogP contribution in [0.15, 0.2) is 48.5 Å². The van der Waals surface area contributed by atoms with Crippen molar-refractivity contribution < 1.29 is 14.3 Å². The van der Waals surface area contributed by atoms with Gasteiger partial charge in [-0.3, -0.25) is 9.59 Å². The molecule has 1 heterocycles. The van der Waals surface area contributed by atoms with E-state index in [1.165, 1.54) is 11.3 Å². The molecule has 1 aliphatic carbocycles. The molecule has 166 valence electrons. The first-order valence-corrected chi connectivity index (χ1v) is 11.9.